The van der Waals surface area contributed by atoms with Gasteiger partial charge in [0, 0.05) is 42.2 Å². The third kappa shape index (κ3) is 7.54. The summed E-state index contributed by atoms with van der Waals surface area (Å²) in [5.74, 6) is -2.03. The van der Waals surface area contributed by atoms with Crippen LogP contribution in [0.3, 0.4) is 0 Å². The molecular formula is C25H27FN8O7. The van der Waals surface area contributed by atoms with E-state index in [1.807, 2.05) is 0 Å². The lowest BCUT2D eigenvalue weighted by Crippen LogP contribution is -2.25. The summed E-state index contributed by atoms with van der Waals surface area (Å²) in [7, 11) is 1.39. The van der Waals surface area contributed by atoms with Gasteiger partial charge in [0.2, 0.25) is 5.82 Å². The molecule has 0 fully saturated rings. The minimum absolute atomic E-state index is 0.0150. The van der Waals surface area contributed by atoms with Crippen molar-refractivity contribution in [2.24, 2.45) is 5.73 Å². The molecule has 0 spiro atoms. The fraction of sp³-hybridized carbons (Fsp3) is 0.200. The van der Waals surface area contributed by atoms with Gasteiger partial charge in [0.15, 0.2) is 17.4 Å². The van der Waals surface area contributed by atoms with Crippen LogP contribution >= 0.6 is 0 Å². The molecule has 1 unspecified atom stereocenters. The summed E-state index contributed by atoms with van der Waals surface area (Å²) in [6.07, 6.45) is 2.59. The Morgan fingerprint density at radius 2 is 1.95 bits per heavy atom. The first-order chi connectivity index (χ1) is 19.5. The Hall–Kier alpha value is -5.51. The maximum Gasteiger partial charge on any atom is 0.349 e. The number of hydrogen-bond acceptors (Lipinski definition) is 10. The van der Waals surface area contributed by atoms with E-state index in [-0.39, 0.29) is 47.8 Å². The van der Waals surface area contributed by atoms with Crippen LogP contribution in [0.4, 0.5) is 10.1 Å². The Kier molecular flexibility index (Phi) is 9.91. The minimum Gasteiger partial charge on any atom is -0.497 e. The number of halogens is 1. The van der Waals surface area contributed by atoms with Crippen molar-refractivity contribution in [1.29, 1.82) is 5.41 Å². The molecule has 41 heavy (non-hydrogen) atoms. The molecule has 0 aliphatic carbocycles. The SMILES string of the molecule is CC(=O)O.COc1cc(OCCO)c(F)c(C(Nc2ccc(C(=N)N)cc2)c2nn(-c3ncc[nH]c3=O)c(=O)[nH]2)c1. The number of aromatic nitrogens is 5. The Morgan fingerprint density at radius 3 is 2.54 bits per heavy atom. The van der Waals surface area contributed by atoms with E-state index in [2.05, 4.69) is 25.4 Å². The Balaban J connectivity index is 0.00000108. The van der Waals surface area contributed by atoms with Crippen LogP contribution in [0.15, 0.2) is 58.4 Å². The topological polar surface area (TPSA) is 234 Å². The molecule has 0 saturated carbocycles. The van der Waals surface area contributed by atoms with Crippen molar-refractivity contribution in [2.45, 2.75) is 13.0 Å². The quantitative estimate of drug-likeness (QED) is 0.104. The van der Waals surface area contributed by atoms with Crippen molar-refractivity contribution < 1.29 is 28.9 Å². The van der Waals surface area contributed by atoms with Crippen molar-refractivity contribution in [3.05, 3.63) is 92.4 Å². The first-order valence-corrected chi connectivity index (χ1v) is 11.8. The van der Waals surface area contributed by atoms with Crippen molar-refractivity contribution in [1.82, 2.24) is 24.7 Å². The molecule has 4 rings (SSSR count). The van der Waals surface area contributed by atoms with Gasteiger partial charge in [-0.3, -0.25) is 20.0 Å². The fourth-order valence-electron chi connectivity index (χ4n) is 3.50. The number of nitrogens with one attached hydrogen (secondary N) is 4. The average Bonchev–Trinajstić information content (AvgIpc) is 3.32. The van der Waals surface area contributed by atoms with E-state index in [1.165, 1.54) is 31.6 Å². The zero-order valence-corrected chi connectivity index (χ0v) is 21.8. The molecule has 4 aromatic rings. The highest BCUT2D eigenvalue weighted by molar-refractivity contribution is 5.95. The zero-order valence-electron chi connectivity index (χ0n) is 21.8. The van der Waals surface area contributed by atoms with Crippen LogP contribution < -0.4 is 31.8 Å². The molecule has 0 aliphatic heterocycles. The van der Waals surface area contributed by atoms with Gasteiger partial charge in [-0.1, -0.05) is 0 Å². The van der Waals surface area contributed by atoms with Crippen LogP contribution in [-0.4, -0.2) is 67.1 Å². The number of nitrogen functional groups attached to an aromatic ring is 1. The van der Waals surface area contributed by atoms with Crippen LogP contribution in [0.5, 0.6) is 11.5 Å². The number of aliphatic hydroxyl groups is 1. The second-order valence-electron chi connectivity index (χ2n) is 8.16. The van der Waals surface area contributed by atoms with Crippen LogP contribution in [0.1, 0.15) is 29.9 Å². The van der Waals surface area contributed by atoms with E-state index < -0.39 is 29.1 Å². The van der Waals surface area contributed by atoms with Crippen LogP contribution in [0.25, 0.3) is 5.82 Å². The van der Waals surface area contributed by atoms with Gasteiger partial charge in [0.25, 0.3) is 11.5 Å². The predicted molar refractivity (Wildman–Crippen MR) is 144 cm³/mol. The van der Waals surface area contributed by atoms with Crippen LogP contribution in [0.2, 0.25) is 0 Å². The van der Waals surface area contributed by atoms with Crippen molar-refractivity contribution in [2.75, 3.05) is 25.6 Å². The van der Waals surface area contributed by atoms with Gasteiger partial charge >= 0.3 is 5.69 Å². The Bertz CT molecular complexity index is 1630. The third-order valence-electron chi connectivity index (χ3n) is 5.24. The normalized spacial score (nSPS) is 11.1. The molecule has 15 nitrogen and oxygen atoms in total. The maximum atomic E-state index is 15.7. The number of carboxylic acids is 1. The Labute approximate surface area is 230 Å². The van der Waals surface area contributed by atoms with E-state index in [0.717, 1.165) is 11.6 Å². The standard InChI is InChI=1S/C23H23FN8O5.C2H4O2/c1-36-14-10-15(17(24)16(11-14)37-9-8-33)18(29-13-4-2-12(3-5-13)19(25)26)20-30-23(35)32(31-20)21-22(34)28-7-6-27-21;1-2(3)4/h2-7,10-11,18,29,33H,8-9H2,1H3,(H3,25,26)(H,28,34)(H,30,31,35);1H3,(H,3,4). The second-order valence-corrected chi connectivity index (χ2v) is 8.16. The van der Waals surface area contributed by atoms with Crippen molar-refractivity contribution in [3.63, 3.8) is 0 Å². The highest BCUT2D eigenvalue weighted by Gasteiger charge is 2.27. The number of anilines is 1. The Morgan fingerprint density at radius 1 is 1.27 bits per heavy atom. The molecular weight excluding hydrogens is 543 g/mol. The number of ether oxygens (including phenoxy) is 2. The number of carbonyl (C=O) groups is 1. The number of aliphatic hydroxyl groups excluding tert-OH is 1. The molecule has 16 heteroatoms. The lowest BCUT2D eigenvalue weighted by Gasteiger charge is -2.21. The van der Waals surface area contributed by atoms with Gasteiger partial charge in [-0.2, -0.15) is 4.68 Å². The number of methoxy groups -OCH3 is 1. The molecule has 8 N–H and O–H groups in total. The first-order valence-electron chi connectivity index (χ1n) is 11.8. The predicted octanol–water partition coefficient (Wildman–Crippen LogP) is 0.739. The van der Waals surface area contributed by atoms with Crippen LogP contribution in [-0.2, 0) is 4.79 Å². The van der Waals surface area contributed by atoms with Gasteiger partial charge in [0.1, 0.15) is 24.2 Å². The smallest absolute Gasteiger partial charge is 0.349 e. The monoisotopic (exact) mass is 570 g/mol. The number of amidine groups is 1. The number of rotatable bonds is 10. The van der Waals surface area contributed by atoms with E-state index in [0.29, 0.717) is 11.3 Å². The van der Waals surface area contributed by atoms with E-state index >= 15 is 4.39 Å². The molecule has 0 bridgehead atoms. The summed E-state index contributed by atoms with van der Waals surface area (Å²) in [5.41, 5.74) is 5.02. The average molecular weight is 571 g/mol. The molecule has 0 aliphatic rings. The summed E-state index contributed by atoms with van der Waals surface area (Å²) in [4.78, 5) is 42.8. The number of H-pyrrole nitrogens is 2. The van der Waals surface area contributed by atoms with Crippen molar-refractivity contribution in [3.8, 4) is 17.3 Å². The molecule has 1 atom stereocenters. The van der Waals surface area contributed by atoms with E-state index in [4.69, 9.17) is 35.6 Å². The fourth-order valence-corrected chi connectivity index (χ4v) is 3.50. The molecule has 0 saturated heterocycles. The lowest BCUT2D eigenvalue weighted by molar-refractivity contribution is -0.134. The third-order valence-corrected chi connectivity index (χ3v) is 5.24. The summed E-state index contributed by atoms with van der Waals surface area (Å²) < 4.78 is 27.1. The van der Waals surface area contributed by atoms with E-state index in [9.17, 15) is 9.59 Å². The van der Waals surface area contributed by atoms with Crippen LogP contribution in [0, 0.1) is 11.2 Å². The molecule has 2 aromatic carbocycles. The number of nitrogens with two attached hydrogens (primary N) is 1. The first kappa shape index (κ1) is 30.0. The number of aliphatic carboxylic acids is 1. The summed E-state index contributed by atoms with van der Waals surface area (Å²) >= 11 is 0. The second kappa shape index (κ2) is 13.5. The summed E-state index contributed by atoms with van der Waals surface area (Å²) in [5, 5.41) is 31.4. The van der Waals surface area contributed by atoms with E-state index in [1.54, 1.807) is 24.3 Å². The highest BCUT2D eigenvalue weighted by atomic mass is 19.1. The van der Waals surface area contributed by atoms with Gasteiger partial charge in [-0.25, -0.2) is 14.2 Å². The summed E-state index contributed by atoms with van der Waals surface area (Å²) in [6, 6.07) is 8.01. The van der Waals surface area contributed by atoms with Gasteiger partial charge in [0.05, 0.1) is 13.7 Å². The number of hydrogen-bond donors (Lipinski definition) is 7. The zero-order chi connectivity index (χ0) is 30.1. The van der Waals surface area contributed by atoms with Crippen molar-refractivity contribution >= 4 is 17.5 Å². The van der Waals surface area contributed by atoms with Gasteiger partial charge in [-0.15, -0.1) is 5.10 Å². The number of carboxylic acid groups (broad SMARTS) is 1. The maximum absolute atomic E-state index is 15.7. The van der Waals surface area contributed by atoms with Gasteiger partial charge in [-0.05, 0) is 30.3 Å². The molecule has 2 aromatic heterocycles. The number of nitrogens with zero attached hydrogens (tertiary/aromatic N) is 3. The highest BCUT2D eigenvalue weighted by Crippen LogP contribution is 2.34. The minimum atomic E-state index is -1.12. The molecule has 2 heterocycles. The summed E-state index contributed by atoms with van der Waals surface area (Å²) in [6.45, 7) is 0.578. The van der Waals surface area contributed by atoms with Gasteiger partial charge < -0.3 is 35.7 Å². The molecule has 0 amide bonds. The molecule has 0 radical (unpaired) electrons. The number of benzene rings is 2. The lowest BCUT2D eigenvalue weighted by atomic mass is 10.0. The largest absolute Gasteiger partial charge is 0.497 e. The molecule has 216 valence electrons. The number of aromatic amines is 2.